The highest BCUT2D eigenvalue weighted by atomic mass is 35.5. The highest BCUT2D eigenvalue weighted by Crippen LogP contribution is 2.27. The van der Waals surface area contributed by atoms with Crippen molar-refractivity contribution in [3.05, 3.63) is 46.5 Å². The van der Waals surface area contributed by atoms with Gasteiger partial charge in [0.05, 0.1) is 11.0 Å². The van der Waals surface area contributed by atoms with E-state index in [9.17, 15) is 0 Å². The lowest BCUT2D eigenvalue weighted by Crippen LogP contribution is -1.97. The molecule has 0 saturated heterocycles. The minimum atomic E-state index is 0.408. The van der Waals surface area contributed by atoms with Crippen LogP contribution in [0.1, 0.15) is 18.9 Å². The number of hydrogen-bond acceptors (Lipinski definition) is 4. The summed E-state index contributed by atoms with van der Waals surface area (Å²) in [5.41, 5.74) is 3.21. The predicted octanol–water partition coefficient (Wildman–Crippen LogP) is 4.35. The van der Waals surface area contributed by atoms with E-state index in [1.165, 1.54) is 0 Å². The smallest absolute Gasteiger partial charge is 0.162 e. The molecule has 0 radical (unpaired) electrons. The summed E-state index contributed by atoms with van der Waals surface area (Å²) in [6.07, 6.45) is 5.01. The van der Waals surface area contributed by atoms with Crippen molar-refractivity contribution in [2.45, 2.75) is 19.8 Å². The van der Waals surface area contributed by atoms with Crippen molar-refractivity contribution in [1.82, 2.24) is 19.9 Å². The molecule has 6 heteroatoms. The zero-order chi connectivity index (χ0) is 14.8. The van der Waals surface area contributed by atoms with E-state index in [0.29, 0.717) is 16.1 Å². The summed E-state index contributed by atoms with van der Waals surface area (Å²) in [5.74, 6) is 0.498. The van der Waals surface area contributed by atoms with Gasteiger partial charge in [-0.05, 0) is 24.6 Å². The topological polar surface area (TPSA) is 51.6 Å². The average molecular weight is 319 g/mol. The standard InChI is InChI=1S/C15H12Cl2N4/c1-2-3-10-13(16)20-15(21-14(10)17)9-4-5-11-12(8-9)19-7-6-18-11/h4-8H,2-3H2,1H3. The molecule has 0 fully saturated rings. The maximum Gasteiger partial charge on any atom is 0.162 e. The number of benzene rings is 1. The second-order valence-corrected chi connectivity index (χ2v) is 5.33. The van der Waals surface area contributed by atoms with Gasteiger partial charge in [-0.1, -0.05) is 36.5 Å². The lowest BCUT2D eigenvalue weighted by molar-refractivity contribution is 0.903. The molecule has 0 aliphatic heterocycles. The van der Waals surface area contributed by atoms with E-state index in [1.54, 1.807) is 12.4 Å². The first-order valence-corrected chi connectivity index (χ1v) is 7.37. The first kappa shape index (κ1) is 14.2. The Hall–Kier alpha value is -1.78. The van der Waals surface area contributed by atoms with Crippen LogP contribution in [-0.4, -0.2) is 19.9 Å². The minimum absolute atomic E-state index is 0.408. The normalized spacial score (nSPS) is 11.0. The van der Waals surface area contributed by atoms with Crippen LogP contribution in [0.25, 0.3) is 22.4 Å². The fourth-order valence-corrected chi connectivity index (χ4v) is 2.70. The molecule has 1 aromatic carbocycles. The molecule has 0 spiro atoms. The Bertz CT molecular complexity index is 782. The quantitative estimate of drug-likeness (QED) is 0.674. The summed E-state index contributed by atoms with van der Waals surface area (Å²) in [6, 6.07) is 5.64. The number of fused-ring (bicyclic) bond motifs is 1. The molecule has 3 rings (SSSR count). The monoisotopic (exact) mass is 318 g/mol. The lowest BCUT2D eigenvalue weighted by atomic mass is 10.1. The zero-order valence-electron chi connectivity index (χ0n) is 11.3. The van der Waals surface area contributed by atoms with Crippen molar-refractivity contribution in [2.24, 2.45) is 0 Å². The number of hydrogen-bond donors (Lipinski definition) is 0. The number of nitrogens with zero attached hydrogens (tertiary/aromatic N) is 4. The molecule has 0 unspecified atom stereocenters. The van der Waals surface area contributed by atoms with Crippen LogP contribution in [0, 0.1) is 0 Å². The van der Waals surface area contributed by atoms with Crippen LogP contribution in [-0.2, 0) is 6.42 Å². The Balaban J connectivity index is 2.10. The van der Waals surface area contributed by atoms with E-state index in [0.717, 1.165) is 35.0 Å². The third-order valence-electron chi connectivity index (χ3n) is 3.13. The van der Waals surface area contributed by atoms with Crippen molar-refractivity contribution in [3.8, 4) is 11.4 Å². The van der Waals surface area contributed by atoms with Gasteiger partial charge in [0.1, 0.15) is 10.3 Å². The molecule has 2 aromatic heterocycles. The molecule has 0 atom stereocenters. The molecular formula is C15H12Cl2N4. The van der Waals surface area contributed by atoms with Crippen molar-refractivity contribution >= 4 is 34.2 Å². The molecule has 0 saturated carbocycles. The zero-order valence-corrected chi connectivity index (χ0v) is 12.9. The van der Waals surface area contributed by atoms with Crippen molar-refractivity contribution in [3.63, 3.8) is 0 Å². The SMILES string of the molecule is CCCc1c(Cl)nc(-c2ccc3nccnc3c2)nc1Cl. The van der Waals surface area contributed by atoms with Crippen LogP contribution in [0.2, 0.25) is 10.3 Å². The molecule has 21 heavy (non-hydrogen) atoms. The van der Waals surface area contributed by atoms with Crippen LogP contribution in [0.3, 0.4) is 0 Å². The molecular weight excluding hydrogens is 307 g/mol. The summed E-state index contributed by atoms with van der Waals surface area (Å²) < 4.78 is 0. The number of aromatic nitrogens is 4. The Labute approximate surface area is 132 Å². The van der Waals surface area contributed by atoms with E-state index in [-0.39, 0.29) is 0 Å². The first-order valence-electron chi connectivity index (χ1n) is 6.62. The fourth-order valence-electron chi connectivity index (χ4n) is 2.12. The molecule has 0 N–H and O–H groups in total. The number of halogens is 2. The maximum absolute atomic E-state index is 6.22. The summed E-state index contributed by atoms with van der Waals surface area (Å²) in [6.45, 7) is 2.06. The van der Waals surface area contributed by atoms with Gasteiger partial charge in [0.25, 0.3) is 0 Å². The van der Waals surface area contributed by atoms with Gasteiger partial charge < -0.3 is 0 Å². The number of rotatable bonds is 3. The van der Waals surface area contributed by atoms with Gasteiger partial charge in [0.2, 0.25) is 0 Å². The van der Waals surface area contributed by atoms with E-state index in [1.807, 2.05) is 18.2 Å². The van der Waals surface area contributed by atoms with Gasteiger partial charge in [0, 0.05) is 23.5 Å². The lowest BCUT2D eigenvalue weighted by Gasteiger charge is -2.08. The van der Waals surface area contributed by atoms with Crippen molar-refractivity contribution < 1.29 is 0 Å². The van der Waals surface area contributed by atoms with E-state index in [2.05, 4.69) is 26.9 Å². The summed E-state index contributed by atoms with van der Waals surface area (Å²) in [4.78, 5) is 17.2. The van der Waals surface area contributed by atoms with Crippen LogP contribution in [0.5, 0.6) is 0 Å². The Morgan fingerprint density at radius 2 is 1.62 bits per heavy atom. The summed E-state index contributed by atoms with van der Waals surface area (Å²) >= 11 is 12.4. The first-order chi connectivity index (χ1) is 10.2. The highest BCUT2D eigenvalue weighted by Gasteiger charge is 2.12. The molecule has 106 valence electrons. The Kier molecular flexibility index (Phi) is 3.99. The molecule has 3 aromatic rings. The van der Waals surface area contributed by atoms with Crippen molar-refractivity contribution in [1.29, 1.82) is 0 Å². The summed E-state index contributed by atoms with van der Waals surface area (Å²) in [5, 5.41) is 0.817. The van der Waals surface area contributed by atoms with E-state index < -0.39 is 0 Å². The van der Waals surface area contributed by atoms with Gasteiger partial charge in [0.15, 0.2) is 5.82 Å². The second-order valence-electron chi connectivity index (χ2n) is 4.62. The average Bonchev–Trinajstić information content (AvgIpc) is 2.50. The third kappa shape index (κ3) is 2.82. The van der Waals surface area contributed by atoms with Crippen LogP contribution in [0.15, 0.2) is 30.6 Å². The Morgan fingerprint density at radius 1 is 0.952 bits per heavy atom. The molecule has 0 aliphatic carbocycles. The fraction of sp³-hybridized carbons (Fsp3) is 0.200. The third-order valence-corrected chi connectivity index (χ3v) is 3.76. The van der Waals surface area contributed by atoms with Crippen LogP contribution >= 0.6 is 23.2 Å². The van der Waals surface area contributed by atoms with Gasteiger partial charge in [-0.15, -0.1) is 0 Å². The maximum atomic E-state index is 6.22. The largest absolute Gasteiger partial charge is 0.253 e. The van der Waals surface area contributed by atoms with Gasteiger partial charge >= 0.3 is 0 Å². The Morgan fingerprint density at radius 3 is 2.29 bits per heavy atom. The predicted molar refractivity (Wildman–Crippen MR) is 84.6 cm³/mol. The van der Waals surface area contributed by atoms with Crippen LogP contribution < -0.4 is 0 Å². The molecule has 0 bridgehead atoms. The van der Waals surface area contributed by atoms with Gasteiger partial charge in [-0.3, -0.25) is 9.97 Å². The van der Waals surface area contributed by atoms with Crippen molar-refractivity contribution in [2.75, 3.05) is 0 Å². The molecule has 0 amide bonds. The summed E-state index contributed by atoms with van der Waals surface area (Å²) in [7, 11) is 0. The molecule has 4 nitrogen and oxygen atoms in total. The highest BCUT2D eigenvalue weighted by molar-refractivity contribution is 6.34. The minimum Gasteiger partial charge on any atom is -0.253 e. The van der Waals surface area contributed by atoms with E-state index in [4.69, 9.17) is 23.2 Å². The van der Waals surface area contributed by atoms with Gasteiger partial charge in [-0.25, -0.2) is 9.97 Å². The second kappa shape index (κ2) is 5.92. The molecule has 2 heterocycles. The van der Waals surface area contributed by atoms with E-state index >= 15 is 0 Å². The van der Waals surface area contributed by atoms with Crippen LogP contribution in [0.4, 0.5) is 0 Å². The van der Waals surface area contributed by atoms with Gasteiger partial charge in [-0.2, -0.15) is 0 Å². The molecule has 0 aliphatic rings.